The predicted molar refractivity (Wildman–Crippen MR) is 91.6 cm³/mol. The zero-order valence-corrected chi connectivity index (χ0v) is 13.2. The van der Waals surface area contributed by atoms with Crippen LogP contribution in [0.25, 0.3) is 12.2 Å². The number of hydrogen-bond donors (Lipinski definition) is 0. The van der Waals surface area contributed by atoms with E-state index in [1.165, 1.54) is 0 Å². The van der Waals surface area contributed by atoms with Gasteiger partial charge in [0.15, 0.2) is 5.78 Å². The van der Waals surface area contributed by atoms with Crippen molar-refractivity contribution in [3.63, 3.8) is 0 Å². The fraction of sp³-hybridized carbons (Fsp3) is 0.150. The first-order valence-corrected chi connectivity index (χ1v) is 7.43. The average molecular weight is 306 g/mol. The van der Waals surface area contributed by atoms with E-state index in [0.29, 0.717) is 6.42 Å². The molecule has 1 saturated carbocycles. The highest BCUT2D eigenvalue weighted by molar-refractivity contribution is 6.20. The quantitative estimate of drug-likeness (QED) is 0.796. The second kappa shape index (κ2) is 6.53. The third-order valence-electron chi connectivity index (χ3n) is 3.83. The number of rotatable bonds is 4. The number of methoxy groups -OCH3 is 2. The van der Waals surface area contributed by atoms with Crippen molar-refractivity contribution in [2.75, 3.05) is 14.2 Å². The van der Waals surface area contributed by atoms with E-state index in [1.807, 2.05) is 60.7 Å². The van der Waals surface area contributed by atoms with E-state index in [0.717, 1.165) is 33.8 Å². The van der Waals surface area contributed by atoms with E-state index < -0.39 is 0 Å². The van der Waals surface area contributed by atoms with Gasteiger partial charge in [0.05, 0.1) is 14.2 Å². The highest BCUT2D eigenvalue weighted by Crippen LogP contribution is 2.32. The zero-order chi connectivity index (χ0) is 16.2. The van der Waals surface area contributed by atoms with Crippen molar-refractivity contribution >= 4 is 17.9 Å². The molecule has 0 saturated heterocycles. The van der Waals surface area contributed by atoms with Crippen LogP contribution in [0.3, 0.4) is 0 Å². The Kier molecular flexibility index (Phi) is 4.29. The molecule has 1 aliphatic rings. The van der Waals surface area contributed by atoms with Gasteiger partial charge in [0.2, 0.25) is 0 Å². The molecule has 116 valence electrons. The summed E-state index contributed by atoms with van der Waals surface area (Å²) in [7, 11) is 3.27. The molecule has 3 nitrogen and oxygen atoms in total. The first-order valence-electron chi connectivity index (χ1n) is 7.43. The summed E-state index contributed by atoms with van der Waals surface area (Å²) >= 11 is 0. The molecule has 3 rings (SSSR count). The fourth-order valence-corrected chi connectivity index (χ4v) is 2.56. The molecule has 2 aromatic carbocycles. The van der Waals surface area contributed by atoms with Crippen LogP contribution in [-0.4, -0.2) is 20.0 Å². The molecule has 3 heteroatoms. The molecule has 1 aliphatic carbocycles. The normalized spacial score (nSPS) is 17.2. The zero-order valence-electron chi connectivity index (χ0n) is 13.2. The van der Waals surface area contributed by atoms with Crippen molar-refractivity contribution in [2.45, 2.75) is 6.42 Å². The lowest BCUT2D eigenvalue weighted by Crippen LogP contribution is -2.18. The van der Waals surface area contributed by atoms with Gasteiger partial charge < -0.3 is 9.47 Å². The van der Waals surface area contributed by atoms with Gasteiger partial charge in [-0.1, -0.05) is 24.3 Å². The van der Waals surface area contributed by atoms with Crippen LogP contribution in [0.1, 0.15) is 17.5 Å². The van der Waals surface area contributed by atoms with Gasteiger partial charge >= 0.3 is 0 Å². The maximum absolute atomic E-state index is 12.3. The standard InChI is InChI=1S/C20H18O3/c1-22-18-7-3-5-14(11-18)9-16-13-17(20(16)21)10-15-6-4-8-19(12-15)23-2/h3-12H,13H2,1-2H3. The fourth-order valence-electron chi connectivity index (χ4n) is 2.56. The van der Waals surface area contributed by atoms with Gasteiger partial charge in [0, 0.05) is 17.6 Å². The molecular weight excluding hydrogens is 288 g/mol. The van der Waals surface area contributed by atoms with Crippen molar-refractivity contribution < 1.29 is 14.3 Å². The van der Waals surface area contributed by atoms with Gasteiger partial charge in [0.25, 0.3) is 0 Å². The molecule has 0 aromatic heterocycles. The Hall–Kier alpha value is -2.81. The SMILES string of the molecule is COc1cccc(C=C2CC(=Cc3cccc(OC)c3)C2=O)c1. The minimum Gasteiger partial charge on any atom is -0.497 e. The van der Waals surface area contributed by atoms with Crippen LogP contribution < -0.4 is 9.47 Å². The maximum atomic E-state index is 12.3. The number of ether oxygens (including phenoxy) is 2. The summed E-state index contributed by atoms with van der Waals surface area (Å²) in [4.78, 5) is 12.3. The summed E-state index contributed by atoms with van der Waals surface area (Å²) in [5, 5.41) is 0. The summed E-state index contributed by atoms with van der Waals surface area (Å²) in [5.41, 5.74) is 3.61. The van der Waals surface area contributed by atoms with Crippen LogP contribution in [0.4, 0.5) is 0 Å². The number of allylic oxidation sites excluding steroid dienone is 2. The van der Waals surface area contributed by atoms with E-state index in [1.54, 1.807) is 14.2 Å². The molecular formula is C20H18O3. The highest BCUT2D eigenvalue weighted by Gasteiger charge is 2.27. The van der Waals surface area contributed by atoms with Crippen molar-refractivity contribution in [1.82, 2.24) is 0 Å². The Bertz CT molecular complexity index is 735. The minimum absolute atomic E-state index is 0.107. The van der Waals surface area contributed by atoms with Crippen LogP contribution >= 0.6 is 0 Å². The Morgan fingerprint density at radius 3 is 1.70 bits per heavy atom. The molecule has 23 heavy (non-hydrogen) atoms. The Morgan fingerprint density at radius 1 is 0.826 bits per heavy atom. The van der Waals surface area contributed by atoms with Crippen molar-refractivity contribution in [2.24, 2.45) is 0 Å². The predicted octanol–water partition coefficient (Wildman–Crippen LogP) is 4.14. The Balaban J connectivity index is 1.77. The van der Waals surface area contributed by atoms with Crippen LogP contribution in [-0.2, 0) is 4.79 Å². The van der Waals surface area contributed by atoms with E-state index in [4.69, 9.17) is 9.47 Å². The number of hydrogen-bond acceptors (Lipinski definition) is 3. The lowest BCUT2D eigenvalue weighted by molar-refractivity contribution is -0.114. The third-order valence-corrected chi connectivity index (χ3v) is 3.83. The topological polar surface area (TPSA) is 35.5 Å². The molecule has 0 N–H and O–H groups in total. The smallest absolute Gasteiger partial charge is 0.185 e. The van der Waals surface area contributed by atoms with E-state index in [2.05, 4.69) is 0 Å². The Morgan fingerprint density at radius 2 is 1.30 bits per heavy atom. The lowest BCUT2D eigenvalue weighted by Gasteiger charge is -2.20. The van der Waals surface area contributed by atoms with Crippen LogP contribution in [0.2, 0.25) is 0 Å². The van der Waals surface area contributed by atoms with Crippen LogP contribution in [0, 0.1) is 0 Å². The van der Waals surface area contributed by atoms with Gasteiger partial charge in [-0.05, 0) is 47.5 Å². The van der Waals surface area contributed by atoms with Crippen molar-refractivity contribution in [3.8, 4) is 11.5 Å². The molecule has 0 atom stereocenters. The summed E-state index contributed by atoms with van der Waals surface area (Å²) < 4.78 is 10.4. The largest absolute Gasteiger partial charge is 0.497 e. The first kappa shape index (κ1) is 15.1. The lowest BCUT2D eigenvalue weighted by atomic mass is 9.82. The summed E-state index contributed by atoms with van der Waals surface area (Å²) in [6.07, 6.45) is 4.54. The second-order valence-electron chi connectivity index (χ2n) is 5.40. The van der Waals surface area contributed by atoms with Crippen LogP contribution in [0.5, 0.6) is 11.5 Å². The number of Topliss-reactive ketones (excluding diaryl/α,β-unsaturated/α-hetero) is 1. The number of ketones is 1. The van der Waals surface area contributed by atoms with E-state index in [9.17, 15) is 4.79 Å². The summed E-state index contributed by atoms with van der Waals surface area (Å²) in [5.74, 6) is 1.69. The van der Waals surface area contributed by atoms with Crippen molar-refractivity contribution in [1.29, 1.82) is 0 Å². The average Bonchev–Trinajstić information content (AvgIpc) is 2.60. The summed E-state index contributed by atoms with van der Waals surface area (Å²) in [6.45, 7) is 0. The van der Waals surface area contributed by atoms with Gasteiger partial charge in [-0.3, -0.25) is 4.79 Å². The van der Waals surface area contributed by atoms with Crippen LogP contribution in [0.15, 0.2) is 59.7 Å². The first-order chi connectivity index (χ1) is 11.2. The molecule has 2 aromatic rings. The molecule has 0 unspecified atom stereocenters. The number of carbonyl (C=O) groups excluding carboxylic acids is 1. The number of benzene rings is 2. The third kappa shape index (κ3) is 3.34. The van der Waals surface area contributed by atoms with Gasteiger partial charge in [-0.2, -0.15) is 0 Å². The van der Waals surface area contributed by atoms with Crippen molar-refractivity contribution in [3.05, 3.63) is 70.8 Å². The maximum Gasteiger partial charge on any atom is 0.185 e. The van der Waals surface area contributed by atoms with Gasteiger partial charge in [-0.25, -0.2) is 0 Å². The summed E-state index contributed by atoms with van der Waals surface area (Å²) in [6, 6.07) is 15.4. The Labute approximate surface area is 135 Å². The van der Waals surface area contributed by atoms with E-state index in [-0.39, 0.29) is 5.78 Å². The molecule has 0 spiro atoms. The van der Waals surface area contributed by atoms with Gasteiger partial charge in [-0.15, -0.1) is 0 Å². The molecule has 0 bridgehead atoms. The second-order valence-corrected chi connectivity index (χ2v) is 5.40. The van der Waals surface area contributed by atoms with E-state index >= 15 is 0 Å². The molecule has 1 fully saturated rings. The molecule has 0 aliphatic heterocycles. The monoisotopic (exact) mass is 306 g/mol. The molecule has 0 heterocycles. The molecule has 0 radical (unpaired) electrons. The minimum atomic E-state index is 0.107. The number of carbonyl (C=O) groups is 1. The highest BCUT2D eigenvalue weighted by atomic mass is 16.5. The molecule has 0 amide bonds. The van der Waals surface area contributed by atoms with Gasteiger partial charge in [0.1, 0.15) is 11.5 Å².